The van der Waals surface area contributed by atoms with Crippen molar-refractivity contribution in [2.75, 3.05) is 19.9 Å². The zero-order chi connectivity index (χ0) is 30.0. The molecule has 0 bridgehead atoms. The summed E-state index contributed by atoms with van der Waals surface area (Å²) in [5.74, 6) is 0.399. The van der Waals surface area contributed by atoms with E-state index in [2.05, 4.69) is 4.90 Å². The average molecular weight is 598 g/mol. The smallest absolute Gasteiger partial charge is 0.316 e. The van der Waals surface area contributed by atoms with Gasteiger partial charge in [0.25, 0.3) is 0 Å². The number of esters is 1. The molecule has 3 heterocycles. The van der Waals surface area contributed by atoms with Crippen LogP contribution >= 0.6 is 0 Å². The molecule has 0 amide bonds. The Kier molecular flexibility index (Phi) is 7.20. The minimum atomic E-state index is -3.62. The number of hydrogen-bond acceptors (Lipinski definition) is 9. The Bertz CT molecular complexity index is 1530. The third-order valence-corrected chi connectivity index (χ3v) is 10.7. The monoisotopic (exact) mass is 597 g/mol. The fraction of sp³-hybridized carbons (Fsp3) is 0.531. The van der Waals surface area contributed by atoms with Crippen LogP contribution < -0.4 is 9.47 Å². The SMILES string of the molecule is CC[C@@H](CN1CCc2cc3c(cc2C2=C(OC(=O)C(C)(C)C)[C@H]4OC(C)(C)O[C@H]4[C@@H]21)OCO3)S(=O)(=O)c1ccccc1. The van der Waals surface area contributed by atoms with Gasteiger partial charge < -0.3 is 23.7 Å². The van der Waals surface area contributed by atoms with Crippen LogP contribution in [-0.4, -0.2) is 68.5 Å². The van der Waals surface area contributed by atoms with Gasteiger partial charge in [0.05, 0.1) is 21.6 Å². The zero-order valence-electron chi connectivity index (χ0n) is 25.0. The van der Waals surface area contributed by atoms with Gasteiger partial charge in [-0.05, 0) is 82.9 Å². The molecule has 4 aliphatic rings. The Morgan fingerprint density at radius 3 is 2.45 bits per heavy atom. The Labute approximate surface area is 247 Å². The van der Waals surface area contributed by atoms with E-state index in [1.165, 1.54) is 0 Å². The number of benzene rings is 2. The summed E-state index contributed by atoms with van der Waals surface area (Å²) >= 11 is 0. The number of ether oxygens (including phenoxy) is 5. The molecule has 0 aromatic heterocycles. The van der Waals surface area contributed by atoms with Crippen LogP contribution in [0.1, 0.15) is 59.1 Å². The van der Waals surface area contributed by atoms with Gasteiger partial charge in [0.15, 0.2) is 27.1 Å². The van der Waals surface area contributed by atoms with E-state index in [0.717, 1.165) is 16.7 Å². The number of rotatable bonds is 6. The maximum Gasteiger partial charge on any atom is 0.316 e. The van der Waals surface area contributed by atoms with Crippen molar-refractivity contribution in [1.82, 2.24) is 4.90 Å². The molecule has 1 saturated heterocycles. The summed E-state index contributed by atoms with van der Waals surface area (Å²) in [5.41, 5.74) is 1.90. The first-order valence-corrected chi connectivity index (χ1v) is 16.1. The molecule has 2 aromatic carbocycles. The van der Waals surface area contributed by atoms with Crippen molar-refractivity contribution in [3.63, 3.8) is 0 Å². The number of carbonyl (C=O) groups excluding carboxylic acids is 1. The fourth-order valence-electron chi connectivity index (χ4n) is 6.30. The number of sulfone groups is 1. The van der Waals surface area contributed by atoms with E-state index in [4.69, 9.17) is 23.7 Å². The van der Waals surface area contributed by atoms with Crippen LogP contribution in [0.2, 0.25) is 0 Å². The molecule has 0 radical (unpaired) electrons. The van der Waals surface area contributed by atoms with Crippen LogP contribution in [0.4, 0.5) is 0 Å². The first kappa shape index (κ1) is 29.2. The highest BCUT2D eigenvalue weighted by Gasteiger charge is 2.58. The van der Waals surface area contributed by atoms with E-state index in [9.17, 15) is 13.2 Å². The molecule has 42 heavy (non-hydrogen) atoms. The summed E-state index contributed by atoms with van der Waals surface area (Å²) in [6, 6.07) is 12.1. The molecule has 9 nitrogen and oxygen atoms in total. The predicted molar refractivity (Wildman–Crippen MR) is 156 cm³/mol. The molecule has 3 aliphatic heterocycles. The second-order valence-electron chi connectivity index (χ2n) is 12.9. The molecule has 4 atom stereocenters. The quantitative estimate of drug-likeness (QED) is 0.438. The minimum absolute atomic E-state index is 0.139. The van der Waals surface area contributed by atoms with Crippen LogP contribution in [0.3, 0.4) is 0 Å². The van der Waals surface area contributed by atoms with Gasteiger partial charge in [-0.15, -0.1) is 0 Å². The summed E-state index contributed by atoms with van der Waals surface area (Å²) in [7, 11) is -3.62. The average Bonchev–Trinajstić information content (AvgIpc) is 3.56. The molecule has 10 heteroatoms. The van der Waals surface area contributed by atoms with Crippen molar-refractivity contribution in [2.45, 2.75) is 88.6 Å². The summed E-state index contributed by atoms with van der Waals surface area (Å²) in [5, 5.41) is -0.658. The normalized spacial score (nSPS) is 25.4. The summed E-state index contributed by atoms with van der Waals surface area (Å²) in [4.78, 5) is 15.8. The molecular formula is C32H39NO8S. The lowest BCUT2D eigenvalue weighted by Crippen LogP contribution is -2.49. The number of hydrogen-bond donors (Lipinski definition) is 0. The predicted octanol–water partition coefficient (Wildman–Crippen LogP) is 4.73. The highest BCUT2D eigenvalue weighted by molar-refractivity contribution is 7.92. The van der Waals surface area contributed by atoms with Crippen molar-refractivity contribution < 1.29 is 36.9 Å². The Hall–Kier alpha value is -2.92. The van der Waals surface area contributed by atoms with Gasteiger partial charge in [0.1, 0.15) is 18.0 Å². The molecule has 0 N–H and O–H groups in total. The maximum atomic E-state index is 13.8. The Morgan fingerprint density at radius 1 is 1.10 bits per heavy atom. The first-order valence-electron chi connectivity index (χ1n) is 14.6. The van der Waals surface area contributed by atoms with Gasteiger partial charge in [-0.2, -0.15) is 0 Å². The summed E-state index contributed by atoms with van der Waals surface area (Å²) in [6.45, 7) is 12.0. The van der Waals surface area contributed by atoms with E-state index in [-0.39, 0.29) is 19.3 Å². The molecule has 2 aromatic rings. The van der Waals surface area contributed by atoms with Gasteiger partial charge in [0, 0.05) is 18.7 Å². The second kappa shape index (κ2) is 10.4. The largest absolute Gasteiger partial charge is 0.454 e. The van der Waals surface area contributed by atoms with Gasteiger partial charge in [-0.25, -0.2) is 8.42 Å². The van der Waals surface area contributed by atoms with Crippen LogP contribution in [-0.2, 0) is 35.3 Å². The molecular weight excluding hydrogens is 558 g/mol. The third-order valence-electron chi connectivity index (χ3n) is 8.43. The fourth-order valence-corrected chi connectivity index (χ4v) is 8.04. The number of nitrogens with zero attached hydrogens (tertiary/aromatic N) is 1. The molecule has 1 fully saturated rings. The maximum absolute atomic E-state index is 13.8. The van der Waals surface area contributed by atoms with Crippen LogP contribution in [0, 0.1) is 5.41 Å². The highest BCUT2D eigenvalue weighted by atomic mass is 32.2. The van der Waals surface area contributed by atoms with Gasteiger partial charge in [0.2, 0.25) is 6.79 Å². The molecule has 1 aliphatic carbocycles. The molecule has 0 saturated carbocycles. The van der Waals surface area contributed by atoms with Crippen LogP contribution in [0.25, 0.3) is 5.57 Å². The second-order valence-corrected chi connectivity index (χ2v) is 15.1. The lowest BCUT2D eigenvalue weighted by molar-refractivity contribution is -0.159. The van der Waals surface area contributed by atoms with Crippen molar-refractivity contribution in [3.8, 4) is 11.5 Å². The Morgan fingerprint density at radius 2 is 1.79 bits per heavy atom. The standard InChI is InChI=1S/C32H39NO8S/c1-7-20(42(35,36)21-11-9-8-10-12-21)17-33-14-13-19-15-23-24(38-18-37-23)16-22(19)25-26(33)28-29(41-32(5,6)40-28)27(25)39-30(34)31(2,3)4/h8-12,15-16,20,26,28-29H,7,13-14,17-18H2,1-6H3/t20-,26+,28-,29+/m0/s1. The van der Waals surface area contributed by atoms with Crippen LogP contribution in [0.15, 0.2) is 53.1 Å². The topological polar surface area (TPSA) is 101 Å². The van der Waals surface area contributed by atoms with Crippen molar-refractivity contribution in [3.05, 3.63) is 59.4 Å². The van der Waals surface area contributed by atoms with E-state index in [1.54, 1.807) is 24.3 Å². The summed E-state index contributed by atoms with van der Waals surface area (Å²) in [6.07, 6.45) is -0.0803. The highest BCUT2D eigenvalue weighted by Crippen LogP contribution is 2.51. The van der Waals surface area contributed by atoms with Gasteiger partial charge in [-0.3, -0.25) is 9.69 Å². The van der Waals surface area contributed by atoms with E-state index in [1.807, 2.05) is 59.7 Å². The Balaban J connectivity index is 1.49. The summed E-state index contributed by atoms with van der Waals surface area (Å²) < 4.78 is 58.2. The van der Waals surface area contributed by atoms with Crippen LogP contribution in [0.5, 0.6) is 11.5 Å². The van der Waals surface area contributed by atoms with Gasteiger partial charge >= 0.3 is 5.97 Å². The molecule has 6 rings (SSSR count). The van der Waals surface area contributed by atoms with Crippen molar-refractivity contribution in [2.24, 2.45) is 5.41 Å². The lowest BCUT2D eigenvalue weighted by Gasteiger charge is -2.35. The van der Waals surface area contributed by atoms with Gasteiger partial charge in [-0.1, -0.05) is 25.1 Å². The molecule has 0 spiro atoms. The van der Waals surface area contributed by atoms with Crippen molar-refractivity contribution in [1.29, 1.82) is 0 Å². The molecule has 226 valence electrons. The lowest BCUT2D eigenvalue weighted by atomic mass is 9.94. The van der Waals surface area contributed by atoms with E-state index < -0.39 is 44.5 Å². The first-order chi connectivity index (χ1) is 19.8. The van der Waals surface area contributed by atoms with E-state index in [0.29, 0.717) is 41.5 Å². The zero-order valence-corrected chi connectivity index (χ0v) is 25.8. The number of carbonyl (C=O) groups is 1. The third kappa shape index (κ3) is 5.02. The van der Waals surface area contributed by atoms with Crippen molar-refractivity contribution >= 4 is 21.4 Å². The number of fused-ring (bicyclic) bond motifs is 6. The minimum Gasteiger partial charge on any atom is -0.454 e. The van der Waals surface area contributed by atoms with E-state index >= 15 is 0 Å². The molecule has 0 unspecified atom stereocenters.